The number of primary amides is 1. The number of benzene rings is 1. The van der Waals surface area contributed by atoms with Crippen molar-refractivity contribution in [1.82, 2.24) is 0 Å². The van der Waals surface area contributed by atoms with Crippen molar-refractivity contribution < 1.29 is 9.72 Å². The van der Waals surface area contributed by atoms with Gasteiger partial charge in [-0.05, 0) is 12.1 Å². The van der Waals surface area contributed by atoms with Crippen LogP contribution in [0.4, 0.5) is 11.4 Å². The molecule has 0 bridgehead atoms. The lowest BCUT2D eigenvalue weighted by Gasteiger charge is -1.98. The largest absolute Gasteiger partial charge is 0.393 e. The summed E-state index contributed by atoms with van der Waals surface area (Å²) in [4.78, 5) is 20.4. The molecule has 0 unspecified atom stereocenters. The molecule has 0 spiro atoms. The van der Waals surface area contributed by atoms with Crippen LogP contribution < -0.4 is 11.5 Å². The Morgan fingerprint density at radius 2 is 2.00 bits per heavy atom. The van der Waals surface area contributed by atoms with Gasteiger partial charge in [-0.1, -0.05) is 0 Å². The van der Waals surface area contributed by atoms with Gasteiger partial charge in [-0.3, -0.25) is 14.9 Å². The fourth-order valence-electron chi connectivity index (χ4n) is 0.855. The Labute approximate surface area is 85.4 Å². The highest BCUT2D eigenvalue weighted by molar-refractivity contribution is 5.94. The lowest BCUT2D eigenvalue weighted by molar-refractivity contribution is -0.383. The molecule has 6 nitrogen and oxygen atoms in total. The van der Waals surface area contributed by atoms with Crippen molar-refractivity contribution in [3.63, 3.8) is 0 Å². The first-order valence-corrected chi connectivity index (χ1v) is 3.36. The zero-order chi connectivity index (χ0) is 10.0. The monoisotopic (exact) mass is 217 g/mol. The van der Waals surface area contributed by atoms with E-state index in [2.05, 4.69) is 0 Å². The summed E-state index contributed by atoms with van der Waals surface area (Å²) in [5, 5.41) is 10.4. The van der Waals surface area contributed by atoms with Crippen LogP contribution in [-0.4, -0.2) is 10.8 Å². The molecule has 1 amide bonds. The Morgan fingerprint density at radius 3 is 2.43 bits per heavy atom. The third-order valence-electron chi connectivity index (χ3n) is 1.51. The van der Waals surface area contributed by atoms with Gasteiger partial charge >= 0.3 is 0 Å². The second-order valence-corrected chi connectivity index (χ2v) is 2.39. The molecule has 76 valence electrons. The highest BCUT2D eigenvalue weighted by Crippen LogP contribution is 2.21. The van der Waals surface area contributed by atoms with E-state index in [-0.39, 0.29) is 29.3 Å². The van der Waals surface area contributed by atoms with E-state index in [1.807, 2.05) is 0 Å². The van der Waals surface area contributed by atoms with Crippen LogP contribution in [0.5, 0.6) is 0 Å². The smallest absolute Gasteiger partial charge is 0.292 e. The minimum atomic E-state index is -0.719. The normalized spacial score (nSPS) is 8.86. The summed E-state index contributed by atoms with van der Waals surface area (Å²) < 4.78 is 0. The number of amides is 1. The Kier molecular flexibility index (Phi) is 3.85. The van der Waals surface area contributed by atoms with E-state index < -0.39 is 10.8 Å². The predicted octanol–water partition coefficient (Wildman–Crippen LogP) is 0.698. The summed E-state index contributed by atoms with van der Waals surface area (Å²) in [6.07, 6.45) is 0. The van der Waals surface area contributed by atoms with Crippen molar-refractivity contribution in [3.8, 4) is 0 Å². The summed E-state index contributed by atoms with van der Waals surface area (Å²) >= 11 is 0. The van der Waals surface area contributed by atoms with Crippen LogP contribution in [0.15, 0.2) is 18.2 Å². The summed E-state index contributed by atoms with van der Waals surface area (Å²) in [6.45, 7) is 0. The first kappa shape index (κ1) is 12.2. The van der Waals surface area contributed by atoms with Crippen LogP contribution in [0.1, 0.15) is 10.4 Å². The molecule has 1 rings (SSSR count). The molecule has 0 aliphatic heterocycles. The molecule has 0 atom stereocenters. The molecule has 0 aromatic heterocycles. The Morgan fingerprint density at radius 1 is 1.43 bits per heavy atom. The van der Waals surface area contributed by atoms with Gasteiger partial charge < -0.3 is 11.5 Å². The maximum absolute atomic E-state index is 10.6. The number of nitrogen functional groups attached to an aromatic ring is 1. The van der Waals surface area contributed by atoms with Crippen LogP contribution in [0, 0.1) is 10.1 Å². The number of carbonyl (C=O) groups is 1. The molecule has 0 saturated heterocycles. The van der Waals surface area contributed by atoms with Crippen LogP contribution in [0.3, 0.4) is 0 Å². The van der Waals surface area contributed by atoms with Gasteiger partial charge in [-0.2, -0.15) is 0 Å². The number of carbonyl (C=O) groups excluding carboxylic acids is 1. The van der Waals surface area contributed by atoms with E-state index in [1.54, 1.807) is 0 Å². The minimum Gasteiger partial charge on any atom is -0.393 e. The quantitative estimate of drug-likeness (QED) is 0.431. The maximum Gasteiger partial charge on any atom is 0.292 e. The molecule has 1 aromatic rings. The molecule has 0 fully saturated rings. The first-order chi connectivity index (χ1) is 6.02. The Hall–Kier alpha value is -1.82. The lowest BCUT2D eigenvalue weighted by Crippen LogP contribution is -2.11. The molecule has 0 saturated carbocycles. The molecule has 0 heterocycles. The predicted molar refractivity (Wildman–Crippen MR) is 53.3 cm³/mol. The topological polar surface area (TPSA) is 112 Å². The summed E-state index contributed by atoms with van der Waals surface area (Å²) in [5.41, 5.74) is 10.00. The molecule has 7 heteroatoms. The first-order valence-electron chi connectivity index (χ1n) is 3.36. The molecule has 4 N–H and O–H groups in total. The van der Waals surface area contributed by atoms with Crippen molar-refractivity contribution in [2.75, 3.05) is 5.73 Å². The number of nitrogens with two attached hydrogens (primary N) is 2. The van der Waals surface area contributed by atoms with Crippen LogP contribution >= 0.6 is 12.4 Å². The molecule has 0 radical (unpaired) electrons. The van der Waals surface area contributed by atoms with E-state index in [9.17, 15) is 14.9 Å². The van der Waals surface area contributed by atoms with E-state index >= 15 is 0 Å². The lowest BCUT2D eigenvalue weighted by atomic mass is 10.1. The van der Waals surface area contributed by atoms with Crippen LogP contribution in [-0.2, 0) is 0 Å². The minimum absolute atomic E-state index is 0. The number of nitro groups is 1. The van der Waals surface area contributed by atoms with Crippen molar-refractivity contribution >= 4 is 29.7 Å². The van der Waals surface area contributed by atoms with Gasteiger partial charge in [-0.25, -0.2) is 0 Å². The SMILES string of the molecule is Cl.NC(=O)c1ccc(N)c([N+](=O)[O-])c1. The van der Waals surface area contributed by atoms with E-state index in [1.165, 1.54) is 12.1 Å². The average Bonchev–Trinajstić information content (AvgIpc) is 2.04. The zero-order valence-electron chi connectivity index (χ0n) is 6.97. The van der Waals surface area contributed by atoms with Gasteiger partial charge in [0.15, 0.2) is 0 Å². The van der Waals surface area contributed by atoms with Crippen molar-refractivity contribution in [2.45, 2.75) is 0 Å². The summed E-state index contributed by atoms with van der Waals surface area (Å²) in [7, 11) is 0. The van der Waals surface area contributed by atoms with Crippen molar-refractivity contribution in [2.24, 2.45) is 5.73 Å². The fourth-order valence-corrected chi connectivity index (χ4v) is 0.855. The van der Waals surface area contributed by atoms with Crippen LogP contribution in [0.2, 0.25) is 0 Å². The number of nitro benzene ring substituents is 1. The maximum atomic E-state index is 10.6. The standard InChI is InChI=1S/C7H7N3O3.ClH/c8-5-2-1-4(7(9)11)3-6(5)10(12)13;/h1-3H,8H2,(H2,9,11);1H. The third kappa shape index (κ3) is 2.33. The Balaban J connectivity index is 0.00000169. The molecule has 0 aliphatic rings. The highest BCUT2D eigenvalue weighted by Gasteiger charge is 2.13. The second kappa shape index (κ2) is 4.43. The fraction of sp³-hybridized carbons (Fsp3) is 0. The number of anilines is 1. The van der Waals surface area contributed by atoms with Crippen molar-refractivity contribution in [1.29, 1.82) is 0 Å². The molecular weight excluding hydrogens is 210 g/mol. The molecular formula is C7H8ClN3O3. The average molecular weight is 218 g/mol. The number of nitrogens with zero attached hydrogens (tertiary/aromatic N) is 1. The number of rotatable bonds is 2. The Bertz CT molecular complexity index is 380. The highest BCUT2D eigenvalue weighted by atomic mass is 35.5. The number of hydrogen-bond acceptors (Lipinski definition) is 4. The van der Waals surface area contributed by atoms with E-state index in [0.29, 0.717) is 0 Å². The molecule has 1 aromatic carbocycles. The number of halogens is 1. The van der Waals surface area contributed by atoms with E-state index in [4.69, 9.17) is 11.5 Å². The van der Waals surface area contributed by atoms with Gasteiger partial charge in [0, 0.05) is 11.6 Å². The van der Waals surface area contributed by atoms with Gasteiger partial charge in [0.1, 0.15) is 5.69 Å². The van der Waals surface area contributed by atoms with Crippen LogP contribution in [0.25, 0.3) is 0 Å². The zero-order valence-corrected chi connectivity index (χ0v) is 7.78. The van der Waals surface area contributed by atoms with Gasteiger partial charge in [-0.15, -0.1) is 12.4 Å². The summed E-state index contributed by atoms with van der Waals surface area (Å²) in [5.74, 6) is -0.719. The second-order valence-electron chi connectivity index (χ2n) is 2.39. The van der Waals surface area contributed by atoms with Gasteiger partial charge in [0.05, 0.1) is 4.92 Å². The van der Waals surface area contributed by atoms with Gasteiger partial charge in [0.2, 0.25) is 5.91 Å². The number of hydrogen-bond donors (Lipinski definition) is 2. The van der Waals surface area contributed by atoms with E-state index in [0.717, 1.165) is 6.07 Å². The van der Waals surface area contributed by atoms with Gasteiger partial charge in [0.25, 0.3) is 5.69 Å². The summed E-state index contributed by atoms with van der Waals surface area (Å²) in [6, 6.07) is 3.67. The molecule has 14 heavy (non-hydrogen) atoms. The molecule has 0 aliphatic carbocycles. The third-order valence-corrected chi connectivity index (χ3v) is 1.51. The van der Waals surface area contributed by atoms with Crippen molar-refractivity contribution in [3.05, 3.63) is 33.9 Å².